The summed E-state index contributed by atoms with van der Waals surface area (Å²) in [6.07, 6.45) is 0. The van der Waals surface area contributed by atoms with Gasteiger partial charge in [-0.25, -0.2) is 13.1 Å². The fourth-order valence-corrected chi connectivity index (χ4v) is 3.31. The summed E-state index contributed by atoms with van der Waals surface area (Å²) in [6.45, 7) is 5.95. The first-order valence-electron chi connectivity index (χ1n) is 5.25. The summed E-state index contributed by atoms with van der Waals surface area (Å²) in [7, 11) is -3.22. The van der Waals surface area contributed by atoms with Gasteiger partial charge in [0.2, 0.25) is 0 Å². The number of aromatic nitrogens is 3. The lowest BCUT2D eigenvalue weighted by atomic mass is 10.4. The van der Waals surface area contributed by atoms with Crippen LogP contribution in [0.15, 0.2) is 11.1 Å². The van der Waals surface area contributed by atoms with Gasteiger partial charge >= 0.3 is 0 Å². The molecule has 7 heteroatoms. The van der Waals surface area contributed by atoms with Gasteiger partial charge in [0.15, 0.2) is 9.84 Å². The van der Waals surface area contributed by atoms with Crippen LogP contribution < -0.4 is 0 Å². The Kier molecular flexibility index (Phi) is 4.70. The molecule has 96 valence electrons. The Hall–Kier alpha value is -0.880. The number of rotatable bonds is 5. The van der Waals surface area contributed by atoms with E-state index in [-0.39, 0.29) is 11.5 Å². The highest BCUT2D eigenvalue weighted by Crippen LogP contribution is 2.12. The number of nitrogens with zero attached hydrogens (tertiary/aromatic N) is 3. The van der Waals surface area contributed by atoms with Crippen molar-refractivity contribution in [3.63, 3.8) is 0 Å². The van der Waals surface area contributed by atoms with Crippen LogP contribution in [0.5, 0.6) is 0 Å². The second-order valence-electron chi connectivity index (χ2n) is 3.93. The average molecular weight is 278 g/mol. The number of sulfone groups is 1. The number of hydrogen-bond acceptors (Lipinski definition) is 4. The molecule has 0 fully saturated rings. The quantitative estimate of drug-likeness (QED) is 0.821. The molecule has 0 saturated carbocycles. The first-order chi connectivity index (χ1) is 7.89. The molecule has 0 aromatic carbocycles. The van der Waals surface area contributed by atoms with Gasteiger partial charge in [-0.15, -0.1) is 5.10 Å². The fraction of sp³-hybridized carbons (Fsp3) is 0.600. The molecule has 17 heavy (non-hydrogen) atoms. The van der Waals surface area contributed by atoms with E-state index >= 15 is 0 Å². The normalized spacial score (nSPS) is 13.1. The molecule has 0 bridgehead atoms. The summed E-state index contributed by atoms with van der Waals surface area (Å²) in [4.78, 5) is 0. The minimum Gasteiger partial charge on any atom is -0.248 e. The van der Waals surface area contributed by atoms with Crippen LogP contribution in [-0.2, 0) is 22.1 Å². The highest BCUT2D eigenvalue weighted by molar-refractivity contribution is 7.90. The molecule has 0 radical (unpaired) electrons. The average Bonchev–Trinajstić information content (AvgIpc) is 2.58. The summed E-state index contributed by atoms with van der Waals surface area (Å²) in [6, 6.07) is 0. The maximum Gasteiger partial charge on any atom is 0.159 e. The Morgan fingerprint density at radius 3 is 2.71 bits per heavy atom. The van der Waals surface area contributed by atoms with Crippen LogP contribution in [0.2, 0.25) is 0 Å². The molecular formula is C10H16ClN3O2S. The van der Waals surface area contributed by atoms with E-state index in [1.807, 2.05) is 6.92 Å². The lowest BCUT2D eigenvalue weighted by molar-refractivity contribution is 0.583. The van der Waals surface area contributed by atoms with E-state index in [1.54, 1.807) is 18.5 Å². The molecular weight excluding hydrogens is 262 g/mol. The molecule has 0 aliphatic carbocycles. The number of halogens is 1. The predicted octanol–water partition coefficient (Wildman–Crippen LogP) is 1.66. The van der Waals surface area contributed by atoms with Crippen LogP contribution in [-0.4, -0.2) is 29.2 Å². The molecule has 0 spiro atoms. The third kappa shape index (κ3) is 3.81. The van der Waals surface area contributed by atoms with Gasteiger partial charge in [0.25, 0.3) is 0 Å². The van der Waals surface area contributed by atoms with Crippen molar-refractivity contribution in [2.24, 2.45) is 0 Å². The largest absolute Gasteiger partial charge is 0.248 e. The molecule has 0 aliphatic rings. The van der Waals surface area contributed by atoms with E-state index < -0.39 is 9.84 Å². The SMILES string of the molecule is CCn1nnc(C)c1CS(=O)(=O)CC(C)=CCl. The first-order valence-corrected chi connectivity index (χ1v) is 7.50. The van der Waals surface area contributed by atoms with Gasteiger partial charge < -0.3 is 0 Å². The third-order valence-electron chi connectivity index (χ3n) is 2.32. The van der Waals surface area contributed by atoms with Gasteiger partial charge in [0.05, 0.1) is 22.9 Å². The summed E-state index contributed by atoms with van der Waals surface area (Å²) < 4.78 is 25.4. The third-order valence-corrected chi connectivity index (χ3v) is 4.30. The molecule has 1 aromatic heterocycles. The minimum atomic E-state index is -3.22. The Labute approximate surface area is 106 Å². The zero-order valence-corrected chi connectivity index (χ0v) is 11.7. The Bertz CT molecular complexity index is 520. The topological polar surface area (TPSA) is 64.8 Å². The van der Waals surface area contributed by atoms with E-state index in [4.69, 9.17) is 11.6 Å². The molecule has 1 rings (SSSR count). The van der Waals surface area contributed by atoms with Crippen molar-refractivity contribution in [3.8, 4) is 0 Å². The molecule has 0 amide bonds. The van der Waals surface area contributed by atoms with Crippen molar-refractivity contribution in [1.82, 2.24) is 15.0 Å². The van der Waals surface area contributed by atoms with Crippen LogP contribution in [0.3, 0.4) is 0 Å². The van der Waals surface area contributed by atoms with Gasteiger partial charge in [-0.2, -0.15) is 0 Å². The zero-order valence-electron chi connectivity index (χ0n) is 10.1. The van der Waals surface area contributed by atoms with Gasteiger partial charge in [-0.3, -0.25) is 0 Å². The van der Waals surface area contributed by atoms with Gasteiger partial charge in [0, 0.05) is 12.1 Å². The Morgan fingerprint density at radius 1 is 1.53 bits per heavy atom. The Balaban J connectivity index is 2.94. The van der Waals surface area contributed by atoms with Crippen LogP contribution in [0.4, 0.5) is 0 Å². The van der Waals surface area contributed by atoms with E-state index in [0.717, 1.165) is 0 Å². The number of hydrogen-bond donors (Lipinski definition) is 0. The highest BCUT2D eigenvalue weighted by atomic mass is 35.5. The monoisotopic (exact) mass is 277 g/mol. The van der Waals surface area contributed by atoms with Crippen molar-refractivity contribution >= 4 is 21.4 Å². The molecule has 0 aliphatic heterocycles. The van der Waals surface area contributed by atoms with Crippen LogP contribution in [0, 0.1) is 6.92 Å². The minimum absolute atomic E-state index is 0.0369. The highest BCUT2D eigenvalue weighted by Gasteiger charge is 2.18. The summed E-state index contributed by atoms with van der Waals surface area (Å²) in [5.41, 5.74) is 3.22. The summed E-state index contributed by atoms with van der Waals surface area (Å²) in [5.74, 6) is -0.0907. The lowest BCUT2D eigenvalue weighted by Crippen LogP contribution is -2.14. The van der Waals surface area contributed by atoms with E-state index in [0.29, 0.717) is 23.5 Å². The smallest absolute Gasteiger partial charge is 0.159 e. The maximum absolute atomic E-state index is 11.9. The first kappa shape index (κ1) is 14.2. The van der Waals surface area contributed by atoms with Crippen molar-refractivity contribution < 1.29 is 8.42 Å². The van der Waals surface area contributed by atoms with Crippen LogP contribution in [0.1, 0.15) is 25.2 Å². The molecule has 0 saturated heterocycles. The second kappa shape index (κ2) is 5.64. The standard InChI is InChI=1S/C10H16ClN3O2S/c1-4-14-10(9(3)12-13-14)7-17(15,16)6-8(2)5-11/h5H,4,6-7H2,1-3H3. The zero-order chi connectivity index (χ0) is 13.1. The van der Waals surface area contributed by atoms with E-state index in [9.17, 15) is 8.42 Å². The molecule has 0 N–H and O–H groups in total. The summed E-state index contributed by atoms with van der Waals surface area (Å²) >= 11 is 5.47. The van der Waals surface area contributed by atoms with E-state index in [1.165, 1.54) is 5.54 Å². The van der Waals surface area contributed by atoms with Crippen molar-refractivity contribution in [2.45, 2.75) is 33.1 Å². The van der Waals surface area contributed by atoms with Crippen molar-refractivity contribution in [1.29, 1.82) is 0 Å². The fourth-order valence-electron chi connectivity index (χ4n) is 1.49. The lowest BCUT2D eigenvalue weighted by Gasteiger charge is -2.06. The van der Waals surface area contributed by atoms with E-state index in [2.05, 4.69) is 10.3 Å². The second-order valence-corrected chi connectivity index (χ2v) is 6.21. The molecule has 0 atom stereocenters. The van der Waals surface area contributed by atoms with Crippen LogP contribution in [0.25, 0.3) is 0 Å². The summed E-state index contributed by atoms with van der Waals surface area (Å²) in [5, 5.41) is 7.76. The van der Waals surface area contributed by atoms with Crippen molar-refractivity contribution in [3.05, 3.63) is 22.5 Å². The van der Waals surface area contributed by atoms with Crippen molar-refractivity contribution in [2.75, 3.05) is 5.75 Å². The molecule has 1 heterocycles. The molecule has 1 aromatic rings. The number of aryl methyl sites for hydroxylation is 2. The van der Waals surface area contributed by atoms with Gasteiger partial charge in [0.1, 0.15) is 0 Å². The van der Waals surface area contributed by atoms with Crippen LogP contribution >= 0.6 is 11.6 Å². The maximum atomic E-state index is 11.9. The molecule has 0 unspecified atom stereocenters. The predicted molar refractivity (Wildman–Crippen MR) is 67.5 cm³/mol. The van der Waals surface area contributed by atoms with Gasteiger partial charge in [-0.05, 0) is 26.3 Å². The molecule has 5 nitrogen and oxygen atoms in total. The Morgan fingerprint density at radius 2 is 2.18 bits per heavy atom. The van der Waals surface area contributed by atoms with Gasteiger partial charge in [-0.1, -0.05) is 16.8 Å².